The molecule has 1 aliphatic rings. The van der Waals surface area contributed by atoms with Crippen molar-refractivity contribution in [2.75, 3.05) is 27.4 Å². The molecule has 1 aliphatic heterocycles. The highest BCUT2D eigenvalue weighted by Gasteiger charge is 2.44. The summed E-state index contributed by atoms with van der Waals surface area (Å²) in [5.74, 6) is 0.335. The molecule has 1 N–H and O–H groups in total. The van der Waals surface area contributed by atoms with Gasteiger partial charge in [-0.2, -0.15) is 0 Å². The van der Waals surface area contributed by atoms with Crippen LogP contribution >= 0.6 is 0 Å². The molecule has 1 aromatic heterocycles. The van der Waals surface area contributed by atoms with E-state index in [1.807, 2.05) is 36.4 Å². The van der Waals surface area contributed by atoms with Crippen molar-refractivity contribution in [2.45, 2.75) is 12.4 Å². The molecule has 26 heavy (non-hydrogen) atoms. The fourth-order valence-electron chi connectivity index (χ4n) is 3.37. The van der Waals surface area contributed by atoms with E-state index in [0.717, 1.165) is 10.9 Å². The van der Waals surface area contributed by atoms with Gasteiger partial charge in [0.1, 0.15) is 0 Å². The highest BCUT2D eigenvalue weighted by molar-refractivity contribution is 5.90. The summed E-state index contributed by atoms with van der Waals surface area (Å²) < 4.78 is 29.0. The molecule has 0 bridgehead atoms. The standard InChI is InChI=1S/C20H20O6/c1-22-16-10-13(12-21)15-11-17(26-18(15)19(16)23-2)20(24-8-9-25-20)14-6-4-3-5-7-14/h3-7,10-11,21H,8-9,12H2,1-2H3. The van der Waals surface area contributed by atoms with Gasteiger partial charge >= 0.3 is 0 Å². The number of hydrogen-bond donors (Lipinski definition) is 1. The van der Waals surface area contributed by atoms with Crippen molar-refractivity contribution in [3.8, 4) is 11.5 Å². The van der Waals surface area contributed by atoms with E-state index >= 15 is 0 Å². The molecule has 0 spiro atoms. The Bertz CT molecular complexity index is 909. The molecular formula is C20H20O6. The molecule has 0 amide bonds. The average Bonchev–Trinajstić information content (AvgIpc) is 3.35. The van der Waals surface area contributed by atoms with Crippen LogP contribution in [0.1, 0.15) is 16.9 Å². The highest BCUT2D eigenvalue weighted by atomic mass is 16.7. The summed E-state index contributed by atoms with van der Waals surface area (Å²) in [6.07, 6.45) is 0. The summed E-state index contributed by atoms with van der Waals surface area (Å²) in [5.41, 5.74) is 2.00. The maximum atomic E-state index is 9.77. The monoisotopic (exact) mass is 356 g/mol. The molecule has 0 unspecified atom stereocenters. The normalized spacial score (nSPS) is 16.1. The Kier molecular flexibility index (Phi) is 4.32. The van der Waals surface area contributed by atoms with Crippen LogP contribution in [-0.2, 0) is 21.9 Å². The number of aliphatic hydroxyl groups is 1. The minimum atomic E-state index is -1.12. The van der Waals surface area contributed by atoms with Crippen LogP contribution < -0.4 is 9.47 Å². The van der Waals surface area contributed by atoms with Gasteiger partial charge in [-0.3, -0.25) is 0 Å². The summed E-state index contributed by atoms with van der Waals surface area (Å²) in [6, 6.07) is 13.2. The Balaban J connectivity index is 1.97. The zero-order chi connectivity index (χ0) is 18.1. The molecule has 1 saturated heterocycles. The topological polar surface area (TPSA) is 70.3 Å². The Morgan fingerprint density at radius 3 is 2.38 bits per heavy atom. The quantitative estimate of drug-likeness (QED) is 0.757. The third kappa shape index (κ3) is 2.46. The zero-order valence-corrected chi connectivity index (χ0v) is 14.7. The second-order valence-corrected chi connectivity index (χ2v) is 5.96. The maximum Gasteiger partial charge on any atom is 0.256 e. The van der Waals surface area contributed by atoms with Crippen molar-refractivity contribution in [1.29, 1.82) is 0 Å². The van der Waals surface area contributed by atoms with Gasteiger partial charge in [0.15, 0.2) is 17.1 Å². The summed E-state index contributed by atoms with van der Waals surface area (Å²) in [5, 5.41) is 10.5. The lowest BCUT2D eigenvalue weighted by molar-refractivity contribution is -0.142. The van der Waals surface area contributed by atoms with Gasteiger partial charge in [0.05, 0.1) is 34.0 Å². The Morgan fingerprint density at radius 1 is 1.04 bits per heavy atom. The maximum absolute atomic E-state index is 9.77. The van der Waals surface area contributed by atoms with Gasteiger partial charge in [-0.05, 0) is 17.7 Å². The van der Waals surface area contributed by atoms with Crippen LogP contribution in [-0.4, -0.2) is 32.5 Å². The molecule has 1 fully saturated rings. The van der Waals surface area contributed by atoms with Gasteiger partial charge in [-0.1, -0.05) is 30.3 Å². The predicted octanol–water partition coefficient (Wildman–Crippen LogP) is 3.19. The van der Waals surface area contributed by atoms with E-state index in [2.05, 4.69) is 0 Å². The van der Waals surface area contributed by atoms with Crippen molar-refractivity contribution in [3.63, 3.8) is 0 Å². The Hall–Kier alpha value is -2.54. The highest BCUT2D eigenvalue weighted by Crippen LogP contribution is 2.45. The third-order valence-electron chi connectivity index (χ3n) is 4.58. The first-order chi connectivity index (χ1) is 12.7. The van der Waals surface area contributed by atoms with Crippen molar-refractivity contribution in [2.24, 2.45) is 0 Å². The molecular weight excluding hydrogens is 336 g/mol. The van der Waals surface area contributed by atoms with Crippen LogP contribution in [0.2, 0.25) is 0 Å². The van der Waals surface area contributed by atoms with Gasteiger partial charge in [0, 0.05) is 10.9 Å². The Labute approximate surface area is 150 Å². The molecule has 2 aromatic carbocycles. The van der Waals surface area contributed by atoms with Gasteiger partial charge in [0.25, 0.3) is 5.79 Å². The van der Waals surface area contributed by atoms with E-state index in [0.29, 0.717) is 41.6 Å². The molecule has 4 rings (SSSR count). The molecule has 136 valence electrons. The Morgan fingerprint density at radius 2 is 1.77 bits per heavy atom. The first-order valence-corrected chi connectivity index (χ1v) is 8.35. The lowest BCUT2D eigenvalue weighted by Crippen LogP contribution is -2.27. The first kappa shape index (κ1) is 16.9. The lowest BCUT2D eigenvalue weighted by atomic mass is 10.0. The largest absolute Gasteiger partial charge is 0.493 e. The average molecular weight is 356 g/mol. The van der Waals surface area contributed by atoms with Gasteiger partial charge in [-0.15, -0.1) is 0 Å². The third-order valence-corrected chi connectivity index (χ3v) is 4.58. The number of rotatable bonds is 5. The minimum Gasteiger partial charge on any atom is -0.493 e. The van der Waals surface area contributed by atoms with Crippen molar-refractivity contribution < 1.29 is 28.5 Å². The molecule has 3 aromatic rings. The molecule has 0 saturated carbocycles. The predicted molar refractivity (Wildman–Crippen MR) is 94.4 cm³/mol. The number of ether oxygens (including phenoxy) is 4. The van der Waals surface area contributed by atoms with Crippen LogP contribution in [0.3, 0.4) is 0 Å². The van der Waals surface area contributed by atoms with Crippen molar-refractivity contribution in [3.05, 3.63) is 59.4 Å². The van der Waals surface area contributed by atoms with Gasteiger partial charge in [0.2, 0.25) is 5.75 Å². The molecule has 0 radical (unpaired) electrons. The second kappa shape index (κ2) is 6.64. The van der Waals surface area contributed by atoms with E-state index in [9.17, 15) is 5.11 Å². The fourth-order valence-corrected chi connectivity index (χ4v) is 3.37. The molecule has 6 heteroatoms. The first-order valence-electron chi connectivity index (χ1n) is 8.35. The van der Waals surface area contributed by atoms with Crippen molar-refractivity contribution in [1.82, 2.24) is 0 Å². The fraction of sp³-hybridized carbons (Fsp3) is 0.300. The number of fused-ring (bicyclic) bond motifs is 1. The summed E-state index contributed by atoms with van der Waals surface area (Å²) >= 11 is 0. The SMILES string of the molecule is COc1cc(CO)c2cc(C3(c4ccccc4)OCCO3)oc2c1OC. The smallest absolute Gasteiger partial charge is 0.256 e. The van der Waals surface area contributed by atoms with Gasteiger partial charge in [-0.25, -0.2) is 0 Å². The second-order valence-electron chi connectivity index (χ2n) is 5.96. The molecule has 2 heterocycles. The number of aliphatic hydroxyl groups excluding tert-OH is 1. The van der Waals surface area contributed by atoms with Crippen LogP contribution in [0.4, 0.5) is 0 Å². The van der Waals surface area contributed by atoms with E-state index in [1.54, 1.807) is 20.3 Å². The van der Waals surface area contributed by atoms with Crippen LogP contribution in [0.15, 0.2) is 46.9 Å². The van der Waals surface area contributed by atoms with Crippen LogP contribution in [0, 0.1) is 0 Å². The van der Waals surface area contributed by atoms with E-state index < -0.39 is 5.79 Å². The minimum absolute atomic E-state index is 0.157. The van der Waals surface area contributed by atoms with E-state index in [4.69, 9.17) is 23.4 Å². The van der Waals surface area contributed by atoms with Crippen molar-refractivity contribution >= 4 is 11.0 Å². The van der Waals surface area contributed by atoms with Gasteiger partial charge < -0.3 is 28.5 Å². The molecule has 0 aliphatic carbocycles. The number of methoxy groups -OCH3 is 2. The summed E-state index contributed by atoms with van der Waals surface area (Å²) in [4.78, 5) is 0. The number of furan rings is 1. The number of benzene rings is 2. The summed E-state index contributed by atoms with van der Waals surface area (Å²) in [6.45, 7) is 0.758. The zero-order valence-electron chi connectivity index (χ0n) is 14.7. The van der Waals surface area contributed by atoms with E-state index in [-0.39, 0.29) is 6.61 Å². The molecule has 0 atom stereocenters. The van der Waals surface area contributed by atoms with Crippen LogP contribution in [0.25, 0.3) is 11.0 Å². The lowest BCUT2D eigenvalue weighted by Gasteiger charge is -2.25. The summed E-state index contributed by atoms with van der Waals surface area (Å²) in [7, 11) is 3.09. The van der Waals surface area contributed by atoms with E-state index in [1.165, 1.54) is 0 Å². The van der Waals surface area contributed by atoms with Crippen LogP contribution in [0.5, 0.6) is 11.5 Å². The molecule has 6 nitrogen and oxygen atoms in total. The number of hydrogen-bond acceptors (Lipinski definition) is 6.